The fourth-order valence-electron chi connectivity index (χ4n) is 2.43. The molecule has 0 unspecified atom stereocenters. The zero-order chi connectivity index (χ0) is 13.8. The minimum Gasteiger partial charge on any atom is -0.341 e. The zero-order valence-corrected chi connectivity index (χ0v) is 13.7. The van der Waals surface area contributed by atoms with Gasteiger partial charge in [-0.25, -0.2) is 0 Å². The summed E-state index contributed by atoms with van der Waals surface area (Å²) in [4.78, 5) is 14.1. The van der Waals surface area contributed by atoms with Crippen molar-refractivity contribution in [3.63, 3.8) is 0 Å². The number of amides is 1. The first kappa shape index (κ1) is 17.6. The Morgan fingerprint density at radius 1 is 1.25 bits per heavy atom. The summed E-state index contributed by atoms with van der Waals surface area (Å²) in [6, 6.07) is 5.39. The summed E-state index contributed by atoms with van der Waals surface area (Å²) < 4.78 is 0. The van der Waals surface area contributed by atoms with E-state index in [1.165, 1.54) is 0 Å². The molecule has 1 saturated heterocycles. The Hall–Kier alpha value is -0.480. The Kier molecular flexibility index (Phi) is 7.10. The standard InChI is InChI=1S/C14H18Cl2N2O.ClH/c1-18(14(19)11-2-4-17-5-3-11)9-10-6-12(15)8-13(16)7-10;/h6-8,11,17H,2-5,9H2,1H3;1H. The molecule has 0 atom stereocenters. The quantitative estimate of drug-likeness (QED) is 0.917. The van der Waals surface area contributed by atoms with Crippen molar-refractivity contribution in [3.8, 4) is 0 Å². The number of carbonyl (C=O) groups excluding carboxylic acids is 1. The zero-order valence-electron chi connectivity index (χ0n) is 11.4. The van der Waals surface area contributed by atoms with Crippen molar-refractivity contribution < 1.29 is 4.79 Å². The second kappa shape index (κ2) is 8.08. The van der Waals surface area contributed by atoms with E-state index in [1.807, 2.05) is 19.2 Å². The summed E-state index contributed by atoms with van der Waals surface area (Å²) in [5, 5.41) is 4.47. The van der Waals surface area contributed by atoms with Crippen LogP contribution < -0.4 is 5.32 Å². The number of hydrogen-bond donors (Lipinski definition) is 1. The number of hydrogen-bond acceptors (Lipinski definition) is 2. The Balaban J connectivity index is 0.00000200. The van der Waals surface area contributed by atoms with Crippen molar-refractivity contribution in [2.45, 2.75) is 19.4 Å². The number of benzene rings is 1. The molecule has 1 N–H and O–H groups in total. The second-order valence-electron chi connectivity index (χ2n) is 5.00. The summed E-state index contributed by atoms with van der Waals surface area (Å²) >= 11 is 11.9. The van der Waals surface area contributed by atoms with Crippen LogP contribution in [0.25, 0.3) is 0 Å². The third-order valence-electron chi connectivity index (χ3n) is 3.41. The molecule has 6 heteroatoms. The van der Waals surface area contributed by atoms with Crippen molar-refractivity contribution >= 4 is 41.5 Å². The van der Waals surface area contributed by atoms with Gasteiger partial charge in [-0.15, -0.1) is 12.4 Å². The maximum atomic E-state index is 12.3. The lowest BCUT2D eigenvalue weighted by molar-refractivity contribution is -0.135. The number of carbonyl (C=O) groups is 1. The topological polar surface area (TPSA) is 32.3 Å². The van der Waals surface area contributed by atoms with Gasteiger partial charge in [-0.2, -0.15) is 0 Å². The molecule has 0 aliphatic carbocycles. The van der Waals surface area contributed by atoms with Gasteiger partial charge < -0.3 is 10.2 Å². The second-order valence-corrected chi connectivity index (χ2v) is 5.87. The fraction of sp³-hybridized carbons (Fsp3) is 0.500. The van der Waals surface area contributed by atoms with Gasteiger partial charge in [-0.05, 0) is 49.7 Å². The minimum absolute atomic E-state index is 0. The molecule has 0 aromatic heterocycles. The van der Waals surface area contributed by atoms with E-state index < -0.39 is 0 Å². The molecule has 1 fully saturated rings. The third kappa shape index (κ3) is 4.81. The summed E-state index contributed by atoms with van der Waals surface area (Å²) in [6.45, 7) is 2.39. The van der Waals surface area contributed by atoms with Crippen molar-refractivity contribution in [1.82, 2.24) is 10.2 Å². The van der Waals surface area contributed by atoms with Gasteiger partial charge in [0.2, 0.25) is 5.91 Å². The van der Waals surface area contributed by atoms with Crippen LogP contribution in [0.4, 0.5) is 0 Å². The van der Waals surface area contributed by atoms with Crippen molar-refractivity contribution in [2.75, 3.05) is 20.1 Å². The molecule has 0 spiro atoms. The van der Waals surface area contributed by atoms with Gasteiger partial charge in [0.15, 0.2) is 0 Å². The van der Waals surface area contributed by atoms with Crippen LogP contribution >= 0.6 is 35.6 Å². The Labute approximate surface area is 136 Å². The van der Waals surface area contributed by atoms with Gasteiger partial charge in [0, 0.05) is 29.6 Å². The average Bonchev–Trinajstić information content (AvgIpc) is 2.37. The number of nitrogens with zero attached hydrogens (tertiary/aromatic N) is 1. The van der Waals surface area contributed by atoms with Crippen molar-refractivity contribution in [1.29, 1.82) is 0 Å². The largest absolute Gasteiger partial charge is 0.341 e. The Morgan fingerprint density at radius 2 is 1.80 bits per heavy atom. The molecule has 1 aromatic carbocycles. The summed E-state index contributed by atoms with van der Waals surface area (Å²) in [7, 11) is 1.83. The Morgan fingerprint density at radius 3 is 2.35 bits per heavy atom. The minimum atomic E-state index is 0. The number of piperidine rings is 1. The average molecular weight is 338 g/mol. The molecule has 1 aliphatic rings. The highest BCUT2D eigenvalue weighted by atomic mass is 35.5. The van der Waals surface area contributed by atoms with E-state index in [2.05, 4.69) is 5.32 Å². The lowest BCUT2D eigenvalue weighted by Gasteiger charge is -2.27. The van der Waals surface area contributed by atoms with Gasteiger partial charge in [0.05, 0.1) is 0 Å². The molecule has 0 radical (unpaired) electrons. The molecule has 112 valence electrons. The van der Waals surface area contributed by atoms with E-state index in [9.17, 15) is 4.79 Å². The molecule has 0 saturated carbocycles. The molecule has 2 rings (SSSR count). The number of nitrogens with one attached hydrogen (secondary N) is 1. The number of rotatable bonds is 3. The van der Waals surface area contributed by atoms with Crippen LogP contribution in [-0.4, -0.2) is 30.9 Å². The normalized spacial score (nSPS) is 15.6. The number of halogens is 3. The van der Waals surface area contributed by atoms with Crippen molar-refractivity contribution in [2.24, 2.45) is 5.92 Å². The van der Waals surface area contributed by atoms with Crippen LogP contribution in [0.15, 0.2) is 18.2 Å². The van der Waals surface area contributed by atoms with Crippen molar-refractivity contribution in [3.05, 3.63) is 33.8 Å². The monoisotopic (exact) mass is 336 g/mol. The molecule has 1 aromatic rings. The van der Waals surface area contributed by atoms with Crippen LogP contribution in [0, 0.1) is 5.92 Å². The van der Waals surface area contributed by atoms with Crippen LogP contribution in [-0.2, 0) is 11.3 Å². The van der Waals surface area contributed by atoms with E-state index in [0.717, 1.165) is 31.5 Å². The lowest BCUT2D eigenvalue weighted by Crippen LogP contribution is -2.38. The maximum absolute atomic E-state index is 12.3. The molecule has 1 aliphatic heterocycles. The summed E-state index contributed by atoms with van der Waals surface area (Å²) in [6.07, 6.45) is 1.83. The van der Waals surface area contributed by atoms with Gasteiger partial charge in [-0.3, -0.25) is 4.79 Å². The van der Waals surface area contributed by atoms with Gasteiger partial charge in [0.25, 0.3) is 0 Å². The van der Waals surface area contributed by atoms with Gasteiger partial charge in [0.1, 0.15) is 0 Å². The SMILES string of the molecule is CN(Cc1cc(Cl)cc(Cl)c1)C(=O)C1CCNCC1.Cl. The predicted molar refractivity (Wildman–Crippen MR) is 85.8 cm³/mol. The fourth-order valence-corrected chi connectivity index (χ4v) is 3.01. The van der Waals surface area contributed by atoms with E-state index in [4.69, 9.17) is 23.2 Å². The summed E-state index contributed by atoms with van der Waals surface area (Å²) in [5.41, 5.74) is 0.960. The highest BCUT2D eigenvalue weighted by molar-refractivity contribution is 6.34. The Bertz CT molecular complexity index is 441. The van der Waals surface area contributed by atoms with Crippen LogP contribution in [0.2, 0.25) is 10.0 Å². The molecular formula is C14H19Cl3N2O. The first-order chi connectivity index (χ1) is 9.06. The maximum Gasteiger partial charge on any atom is 0.225 e. The molecule has 3 nitrogen and oxygen atoms in total. The highest BCUT2D eigenvalue weighted by Crippen LogP contribution is 2.21. The molecular weight excluding hydrogens is 319 g/mol. The van der Waals surface area contributed by atoms with Crippen LogP contribution in [0.3, 0.4) is 0 Å². The first-order valence-electron chi connectivity index (χ1n) is 6.47. The third-order valence-corrected chi connectivity index (χ3v) is 3.84. The molecule has 1 amide bonds. The molecule has 20 heavy (non-hydrogen) atoms. The van der Waals surface area contributed by atoms with Gasteiger partial charge >= 0.3 is 0 Å². The predicted octanol–water partition coefficient (Wildman–Crippen LogP) is 3.37. The van der Waals surface area contributed by atoms with Crippen LogP contribution in [0.1, 0.15) is 18.4 Å². The first-order valence-corrected chi connectivity index (χ1v) is 7.22. The van der Waals surface area contributed by atoms with Gasteiger partial charge in [-0.1, -0.05) is 23.2 Å². The summed E-state index contributed by atoms with van der Waals surface area (Å²) in [5.74, 6) is 0.346. The van der Waals surface area contributed by atoms with E-state index in [1.54, 1.807) is 11.0 Å². The lowest BCUT2D eigenvalue weighted by atomic mass is 9.96. The molecule has 0 bridgehead atoms. The van der Waals surface area contributed by atoms with E-state index in [-0.39, 0.29) is 24.2 Å². The highest BCUT2D eigenvalue weighted by Gasteiger charge is 2.23. The van der Waals surface area contributed by atoms with E-state index in [0.29, 0.717) is 16.6 Å². The smallest absolute Gasteiger partial charge is 0.225 e. The van der Waals surface area contributed by atoms with E-state index >= 15 is 0 Å². The van der Waals surface area contributed by atoms with Crippen LogP contribution in [0.5, 0.6) is 0 Å². The molecule has 1 heterocycles.